The van der Waals surface area contributed by atoms with Gasteiger partial charge in [-0.1, -0.05) is 13.8 Å². The molecule has 2 unspecified atom stereocenters. The van der Waals surface area contributed by atoms with Crippen LogP contribution in [0.1, 0.15) is 45.1 Å². The maximum Gasteiger partial charge on any atom is 0.229 e. The van der Waals surface area contributed by atoms with Gasteiger partial charge in [-0.05, 0) is 74.5 Å². The summed E-state index contributed by atoms with van der Waals surface area (Å²) >= 11 is 1.78. The van der Waals surface area contributed by atoms with Crippen molar-refractivity contribution in [2.45, 2.75) is 45.6 Å². The fourth-order valence-corrected chi connectivity index (χ4v) is 5.96. The Bertz CT molecular complexity index is 1300. The lowest BCUT2D eigenvalue weighted by Crippen LogP contribution is -2.37. The topological polar surface area (TPSA) is 78.3 Å². The maximum absolute atomic E-state index is 15.0. The van der Waals surface area contributed by atoms with Crippen LogP contribution in [0.3, 0.4) is 0 Å². The summed E-state index contributed by atoms with van der Waals surface area (Å²) < 4.78 is 32.1. The van der Waals surface area contributed by atoms with Gasteiger partial charge in [0.1, 0.15) is 23.0 Å². The highest BCUT2D eigenvalue weighted by Crippen LogP contribution is 2.43. The van der Waals surface area contributed by atoms with E-state index in [4.69, 9.17) is 0 Å². The first kappa shape index (κ1) is 25.5. The van der Waals surface area contributed by atoms with E-state index in [0.29, 0.717) is 29.0 Å². The van der Waals surface area contributed by atoms with Gasteiger partial charge in [0, 0.05) is 35.5 Å². The number of hydrogen-bond acceptors (Lipinski definition) is 8. The summed E-state index contributed by atoms with van der Waals surface area (Å²) in [6, 6.07) is 7.46. The quantitative estimate of drug-likeness (QED) is 0.355. The first-order valence-corrected chi connectivity index (χ1v) is 13.5. The van der Waals surface area contributed by atoms with E-state index in [-0.39, 0.29) is 17.6 Å². The van der Waals surface area contributed by atoms with Crippen LogP contribution in [0.5, 0.6) is 0 Å². The summed E-state index contributed by atoms with van der Waals surface area (Å²) in [5.41, 5.74) is 3.42. The zero-order valence-corrected chi connectivity index (χ0v) is 22.2. The highest BCUT2D eigenvalue weighted by atomic mass is 32.2. The zero-order chi connectivity index (χ0) is 26.1. The van der Waals surface area contributed by atoms with Crippen LogP contribution in [-0.4, -0.2) is 46.1 Å². The Morgan fingerprint density at radius 2 is 1.97 bits per heavy atom. The summed E-state index contributed by atoms with van der Waals surface area (Å²) in [5, 5.41) is 6.36. The molecule has 0 saturated carbocycles. The van der Waals surface area contributed by atoms with Gasteiger partial charge in [-0.3, -0.25) is 4.99 Å². The predicted molar refractivity (Wildman–Crippen MR) is 147 cm³/mol. The molecule has 7 nitrogen and oxygen atoms in total. The molecule has 5 rings (SSSR count). The Labute approximate surface area is 220 Å². The van der Waals surface area contributed by atoms with Crippen molar-refractivity contribution in [1.82, 2.24) is 20.3 Å². The van der Waals surface area contributed by atoms with E-state index in [1.807, 2.05) is 32.2 Å². The molecule has 0 amide bonds. The molecule has 1 saturated heterocycles. The van der Waals surface area contributed by atoms with Crippen molar-refractivity contribution in [2.75, 3.05) is 29.0 Å². The molecule has 0 spiro atoms. The summed E-state index contributed by atoms with van der Waals surface area (Å²) in [6.07, 6.45) is 4.81. The smallest absolute Gasteiger partial charge is 0.229 e. The molecule has 1 fully saturated rings. The molecule has 3 aromatic rings. The Hall–Kier alpha value is -3.11. The molecule has 194 valence electrons. The summed E-state index contributed by atoms with van der Waals surface area (Å²) in [4.78, 5) is 17.4. The van der Waals surface area contributed by atoms with Gasteiger partial charge in [0.25, 0.3) is 0 Å². The Morgan fingerprint density at radius 1 is 1.14 bits per heavy atom. The van der Waals surface area contributed by atoms with Crippen LogP contribution in [0.25, 0.3) is 11.3 Å². The first-order chi connectivity index (χ1) is 17.8. The van der Waals surface area contributed by atoms with Crippen LogP contribution in [0.15, 0.2) is 41.7 Å². The number of anilines is 3. The van der Waals surface area contributed by atoms with Crippen molar-refractivity contribution in [2.24, 2.45) is 10.9 Å². The van der Waals surface area contributed by atoms with Gasteiger partial charge in [-0.25, -0.2) is 23.7 Å². The van der Waals surface area contributed by atoms with Crippen molar-refractivity contribution in [1.29, 1.82) is 0 Å². The van der Waals surface area contributed by atoms with Gasteiger partial charge < -0.3 is 14.9 Å². The molecular weight excluding hydrogens is 492 g/mol. The number of aromatic nitrogens is 3. The number of benzene rings is 1. The van der Waals surface area contributed by atoms with Crippen LogP contribution in [0.2, 0.25) is 0 Å². The van der Waals surface area contributed by atoms with Gasteiger partial charge in [0.05, 0.1) is 18.1 Å². The van der Waals surface area contributed by atoms with Crippen molar-refractivity contribution in [3.05, 3.63) is 53.9 Å². The highest BCUT2D eigenvalue weighted by molar-refractivity contribution is 8.00. The lowest BCUT2D eigenvalue weighted by Gasteiger charge is -2.31. The molecule has 2 aliphatic rings. The Morgan fingerprint density at radius 3 is 2.65 bits per heavy atom. The van der Waals surface area contributed by atoms with Crippen LogP contribution in [-0.2, 0) is 0 Å². The van der Waals surface area contributed by atoms with E-state index in [0.717, 1.165) is 48.3 Å². The Balaban J connectivity index is 1.36. The van der Waals surface area contributed by atoms with E-state index < -0.39 is 11.6 Å². The van der Waals surface area contributed by atoms with Crippen molar-refractivity contribution >= 4 is 40.8 Å². The lowest BCUT2D eigenvalue weighted by atomic mass is 9.87. The van der Waals surface area contributed by atoms with Gasteiger partial charge in [-0.15, -0.1) is 0 Å². The number of fused-ring (bicyclic) bond motifs is 1. The SMILES string of the molecule is CNC1CCN(c2ccc(Nc3ncc(F)c(-c4cc(F)c5c(c4)C(CC(C)C)C(C)=N5)n3)nc2)SC1. The first-order valence-electron chi connectivity index (χ1n) is 12.5. The monoisotopic (exact) mass is 523 g/mol. The van der Waals surface area contributed by atoms with Gasteiger partial charge in [0.15, 0.2) is 5.82 Å². The fraction of sp³-hybridized carbons (Fsp3) is 0.407. The van der Waals surface area contributed by atoms with E-state index >= 15 is 4.39 Å². The Kier molecular flexibility index (Phi) is 7.39. The third kappa shape index (κ3) is 5.45. The molecule has 0 aliphatic carbocycles. The highest BCUT2D eigenvalue weighted by Gasteiger charge is 2.29. The summed E-state index contributed by atoms with van der Waals surface area (Å²) in [6.45, 7) is 7.10. The number of hydrogen-bond donors (Lipinski definition) is 2. The third-order valence-electron chi connectivity index (χ3n) is 6.78. The lowest BCUT2D eigenvalue weighted by molar-refractivity contribution is 0.565. The van der Waals surface area contributed by atoms with Crippen LogP contribution in [0, 0.1) is 17.6 Å². The van der Waals surface area contributed by atoms with Crippen LogP contribution >= 0.6 is 11.9 Å². The van der Waals surface area contributed by atoms with Crippen molar-refractivity contribution < 1.29 is 8.78 Å². The van der Waals surface area contributed by atoms with Crippen LogP contribution in [0.4, 0.5) is 31.9 Å². The molecular formula is C27H31F2N7S. The molecule has 1 aromatic carbocycles. The molecule has 0 bridgehead atoms. The number of rotatable bonds is 7. The van der Waals surface area contributed by atoms with Gasteiger partial charge in [-0.2, -0.15) is 0 Å². The average Bonchev–Trinajstić information content (AvgIpc) is 3.20. The van der Waals surface area contributed by atoms with E-state index in [2.05, 4.69) is 48.7 Å². The minimum atomic E-state index is -0.619. The fourth-order valence-electron chi connectivity index (χ4n) is 4.77. The van der Waals surface area contributed by atoms with Crippen molar-refractivity contribution in [3.8, 4) is 11.3 Å². The number of aliphatic imine (C=N–C) groups is 1. The number of pyridine rings is 1. The number of nitrogens with one attached hydrogen (secondary N) is 2. The second kappa shape index (κ2) is 10.7. The van der Waals surface area contributed by atoms with Gasteiger partial charge >= 0.3 is 0 Å². The minimum Gasteiger partial charge on any atom is -0.316 e. The molecule has 2 aromatic heterocycles. The van der Waals surface area contributed by atoms with Crippen molar-refractivity contribution in [3.63, 3.8) is 0 Å². The molecule has 4 heterocycles. The summed E-state index contributed by atoms with van der Waals surface area (Å²) in [7, 11) is 1.99. The van der Waals surface area contributed by atoms with E-state index in [1.54, 1.807) is 18.1 Å². The molecule has 0 radical (unpaired) electrons. The van der Waals surface area contributed by atoms with E-state index in [9.17, 15) is 4.39 Å². The largest absolute Gasteiger partial charge is 0.316 e. The number of nitrogens with zero attached hydrogens (tertiary/aromatic N) is 5. The number of halogens is 2. The average molecular weight is 524 g/mol. The second-order valence-corrected chi connectivity index (χ2v) is 11.0. The molecule has 10 heteroatoms. The third-order valence-corrected chi connectivity index (χ3v) is 8.04. The predicted octanol–water partition coefficient (Wildman–Crippen LogP) is 6.24. The zero-order valence-electron chi connectivity index (χ0n) is 21.4. The van der Waals surface area contributed by atoms with Gasteiger partial charge in [0.2, 0.25) is 5.95 Å². The second-order valence-electron chi connectivity index (χ2n) is 9.92. The molecule has 2 atom stereocenters. The summed E-state index contributed by atoms with van der Waals surface area (Å²) in [5.74, 6) is 1.07. The van der Waals surface area contributed by atoms with Crippen LogP contribution < -0.4 is 14.9 Å². The molecule has 2 N–H and O–H groups in total. The molecule has 37 heavy (non-hydrogen) atoms. The minimum absolute atomic E-state index is 0.0110. The maximum atomic E-state index is 15.0. The normalized spacial score (nSPS) is 19.2. The standard InChI is InChI=1S/C27H31F2N7S/c1-15(2)9-20-16(3)33-26-21(20)10-17(11-22(26)28)25-23(29)13-32-27(35-25)34-24-6-5-19(12-31-24)36-8-7-18(30-4)14-37-36/h5-6,10-13,15,18,20,30H,7-9,14H2,1-4H3,(H,31,32,34,35). The molecule has 2 aliphatic heterocycles. The van der Waals surface area contributed by atoms with E-state index in [1.165, 1.54) is 6.07 Å².